The lowest BCUT2D eigenvalue weighted by Crippen LogP contribution is -2.05. The van der Waals surface area contributed by atoms with E-state index in [4.69, 9.17) is 10.00 Å². The average molecular weight is 238 g/mol. The summed E-state index contributed by atoms with van der Waals surface area (Å²) in [6.45, 7) is 3.99. The number of pyridine rings is 1. The lowest BCUT2D eigenvalue weighted by molar-refractivity contribution is 0.242. The predicted octanol–water partition coefficient (Wildman–Crippen LogP) is 3.41. The van der Waals surface area contributed by atoms with Gasteiger partial charge in [0.25, 0.3) is 0 Å². The summed E-state index contributed by atoms with van der Waals surface area (Å²) in [5.41, 5.74) is 2.43. The molecule has 90 valence electrons. The van der Waals surface area contributed by atoms with Crippen molar-refractivity contribution in [2.24, 2.45) is 0 Å². The van der Waals surface area contributed by atoms with Gasteiger partial charge in [0, 0.05) is 11.8 Å². The third kappa shape index (κ3) is 2.86. The molecule has 0 saturated heterocycles. The first-order chi connectivity index (χ1) is 8.69. The third-order valence-corrected chi connectivity index (χ3v) is 2.41. The highest BCUT2D eigenvalue weighted by atomic mass is 16.5. The van der Waals surface area contributed by atoms with E-state index in [1.807, 2.05) is 44.2 Å². The molecule has 3 nitrogen and oxygen atoms in total. The minimum Gasteiger partial charge on any atom is -0.491 e. The number of nitrogens with zero attached hydrogens (tertiary/aromatic N) is 2. The zero-order valence-corrected chi connectivity index (χ0v) is 10.4. The topological polar surface area (TPSA) is 45.9 Å². The molecule has 3 heteroatoms. The van der Waals surface area contributed by atoms with Crippen LogP contribution in [0.2, 0.25) is 0 Å². The summed E-state index contributed by atoms with van der Waals surface area (Å²) >= 11 is 0. The van der Waals surface area contributed by atoms with E-state index in [2.05, 4.69) is 11.1 Å². The number of aromatic nitrogens is 1. The molecule has 1 aromatic carbocycles. The lowest BCUT2D eigenvalue weighted by atomic mass is 10.1. The van der Waals surface area contributed by atoms with E-state index in [1.165, 1.54) is 0 Å². The van der Waals surface area contributed by atoms with Crippen LogP contribution < -0.4 is 4.74 Å². The van der Waals surface area contributed by atoms with Gasteiger partial charge in [-0.25, -0.2) is 0 Å². The highest BCUT2D eigenvalue weighted by Gasteiger charge is 2.01. The molecule has 1 aromatic heterocycles. The van der Waals surface area contributed by atoms with Crippen LogP contribution in [0.25, 0.3) is 11.3 Å². The summed E-state index contributed by atoms with van der Waals surface area (Å²) < 4.78 is 5.58. The molecule has 0 atom stereocenters. The maximum Gasteiger partial charge on any atom is 0.119 e. The molecule has 0 amide bonds. The first-order valence-electron chi connectivity index (χ1n) is 5.82. The SMILES string of the molecule is CC(C)Oc1ccc(-c2ccc(C#N)cn2)cc1. The normalized spacial score (nSPS) is 10.1. The van der Waals surface area contributed by atoms with E-state index in [0.717, 1.165) is 17.0 Å². The Labute approximate surface area is 107 Å². The molecule has 0 unspecified atom stereocenters. The Balaban J connectivity index is 2.20. The molecule has 0 radical (unpaired) electrons. The van der Waals surface area contributed by atoms with Crippen molar-refractivity contribution in [3.05, 3.63) is 48.2 Å². The first kappa shape index (κ1) is 12.1. The highest BCUT2D eigenvalue weighted by molar-refractivity contribution is 5.60. The molecule has 2 aromatic rings. The fourth-order valence-electron chi connectivity index (χ4n) is 1.61. The van der Waals surface area contributed by atoms with Gasteiger partial charge in [0.2, 0.25) is 0 Å². The molecule has 18 heavy (non-hydrogen) atoms. The smallest absolute Gasteiger partial charge is 0.119 e. The number of ether oxygens (including phenoxy) is 1. The monoisotopic (exact) mass is 238 g/mol. The summed E-state index contributed by atoms with van der Waals surface area (Å²) in [4.78, 5) is 4.25. The molecule has 0 bridgehead atoms. The van der Waals surface area contributed by atoms with Crippen LogP contribution in [0.3, 0.4) is 0 Å². The van der Waals surface area contributed by atoms with Gasteiger partial charge in [-0.1, -0.05) is 0 Å². The second kappa shape index (κ2) is 5.33. The van der Waals surface area contributed by atoms with Crippen LogP contribution in [-0.2, 0) is 0 Å². The van der Waals surface area contributed by atoms with Gasteiger partial charge in [0.05, 0.1) is 17.4 Å². The maximum absolute atomic E-state index is 8.71. The second-order valence-electron chi connectivity index (χ2n) is 4.23. The molecule has 0 fully saturated rings. The Morgan fingerprint density at radius 2 is 1.83 bits per heavy atom. The lowest BCUT2D eigenvalue weighted by Gasteiger charge is -2.09. The van der Waals surface area contributed by atoms with Gasteiger partial charge in [-0.05, 0) is 50.2 Å². The average Bonchev–Trinajstić information content (AvgIpc) is 2.39. The van der Waals surface area contributed by atoms with Crippen LogP contribution in [0.1, 0.15) is 19.4 Å². The number of benzene rings is 1. The molecule has 2 rings (SSSR count). The van der Waals surface area contributed by atoms with Gasteiger partial charge in [-0.2, -0.15) is 5.26 Å². The predicted molar refractivity (Wildman–Crippen MR) is 70.2 cm³/mol. The zero-order valence-electron chi connectivity index (χ0n) is 10.4. The largest absolute Gasteiger partial charge is 0.491 e. The van der Waals surface area contributed by atoms with Crippen LogP contribution in [0.15, 0.2) is 42.6 Å². The van der Waals surface area contributed by atoms with Crippen LogP contribution in [0.4, 0.5) is 0 Å². The number of rotatable bonds is 3. The third-order valence-electron chi connectivity index (χ3n) is 2.41. The van der Waals surface area contributed by atoms with Gasteiger partial charge in [0.15, 0.2) is 0 Å². The van der Waals surface area contributed by atoms with Gasteiger partial charge in [0.1, 0.15) is 11.8 Å². The fraction of sp³-hybridized carbons (Fsp3) is 0.200. The van der Waals surface area contributed by atoms with Crippen molar-refractivity contribution in [2.75, 3.05) is 0 Å². The number of nitriles is 1. The Bertz CT molecular complexity index is 551. The van der Waals surface area contributed by atoms with Crippen molar-refractivity contribution >= 4 is 0 Å². The standard InChI is InChI=1S/C15H14N2O/c1-11(2)18-14-6-4-13(5-7-14)15-8-3-12(9-16)10-17-15/h3-8,10-11H,1-2H3. The Morgan fingerprint density at radius 1 is 1.11 bits per heavy atom. The van der Waals surface area contributed by atoms with E-state index in [1.54, 1.807) is 12.3 Å². The Hall–Kier alpha value is -2.34. The minimum absolute atomic E-state index is 0.170. The van der Waals surface area contributed by atoms with Gasteiger partial charge >= 0.3 is 0 Å². The summed E-state index contributed by atoms with van der Waals surface area (Å²) in [6, 6.07) is 13.4. The molecular weight excluding hydrogens is 224 g/mol. The summed E-state index contributed by atoms with van der Waals surface area (Å²) in [7, 11) is 0. The van der Waals surface area contributed by atoms with E-state index in [9.17, 15) is 0 Å². The Morgan fingerprint density at radius 3 is 2.33 bits per heavy atom. The summed E-state index contributed by atoms with van der Waals surface area (Å²) in [5, 5.41) is 8.71. The van der Waals surface area contributed by atoms with Crippen molar-refractivity contribution in [1.82, 2.24) is 4.98 Å². The van der Waals surface area contributed by atoms with Crippen molar-refractivity contribution in [2.45, 2.75) is 20.0 Å². The van der Waals surface area contributed by atoms with Crippen LogP contribution in [0, 0.1) is 11.3 Å². The molecule has 0 saturated carbocycles. The molecule has 0 aliphatic rings. The van der Waals surface area contributed by atoms with Crippen LogP contribution in [0.5, 0.6) is 5.75 Å². The summed E-state index contributed by atoms with van der Waals surface area (Å²) in [6.07, 6.45) is 1.75. The van der Waals surface area contributed by atoms with E-state index < -0.39 is 0 Å². The second-order valence-corrected chi connectivity index (χ2v) is 4.23. The number of hydrogen-bond acceptors (Lipinski definition) is 3. The molecule has 0 aliphatic heterocycles. The molecule has 1 heterocycles. The van der Waals surface area contributed by atoms with Crippen molar-refractivity contribution < 1.29 is 4.74 Å². The van der Waals surface area contributed by atoms with Crippen molar-refractivity contribution in [3.63, 3.8) is 0 Å². The molecular formula is C15H14N2O. The highest BCUT2D eigenvalue weighted by Crippen LogP contribution is 2.21. The number of hydrogen-bond donors (Lipinski definition) is 0. The van der Waals surface area contributed by atoms with E-state index in [-0.39, 0.29) is 6.10 Å². The van der Waals surface area contributed by atoms with Gasteiger partial charge in [-0.3, -0.25) is 4.98 Å². The molecule has 0 spiro atoms. The first-order valence-corrected chi connectivity index (χ1v) is 5.82. The summed E-state index contributed by atoms with van der Waals surface area (Å²) in [5.74, 6) is 0.849. The van der Waals surface area contributed by atoms with E-state index in [0.29, 0.717) is 5.56 Å². The Kier molecular flexibility index (Phi) is 3.59. The molecule has 0 N–H and O–H groups in total. The van der Waals surface area contributed by atoms with Crippen LogP contribution >= 0.6 is 0 Å². The maximum atomic E-state index is 8.71. The zero-order chi connectivity index (χ0) is 13.0. The minimum atomic E-state index is 0.170. The van der Waals surface area contributed by atoms with Crippen LogP contribution in [-0.4, -0.2) is 11.1 Å². The van der Waals surface area contributed by atoms with Crippen molar-refractivity contribution in [3.8, 4) is 23.1 Å². The fourth-order valence-corrected chi connectivity index (χ4v) is 1.61. The van der Waals surface area contributed by atoms with Gasteiger partial charge in [-0.15, -0.1) is 0 Å². The van der Waals surface area contributed by atoms with Gasteiger partial charge < -0.3 is 4.74 Å². The molecule has 0 aliphatic carbocycles. The quantitative estimate of drug-likeness (QED) is 0.823. The van der Waals surface area contributed by atoms with E-state index >= 15 is 0 Å². The van der Waals surface area contributed by atoms with Crippen molar-refractivity contribution in [1.29, 1.82) is 5.26 Å².